The second kappa shape index (κ2) is 9.62. The Morgan fingerprint density at radius 3 is 2.77 bits per heavy atom. The predicted octanol–water partition coefficient (Wildman–Crippen LogP) is 6.80. The van der Waals surface area contributed by atoms with E-state index in [0.29, 0.717) is 5.92 Å². The summed E-state index contributed by atoms with van der Waals surface area (Å²) in [6.45, 7) is 12.2. The van der Waals surface area contributed by atoms with Gasteiger partial charge in [-0.15, -0.1) is 0 Å². The number of aliphatic hydroxyl groups excluding tert-OH is 2. The van der Waals surface area contributed by atoms with E-state index >= 15 is 0 Å². The number of hydrogen-bond donors (Lipinski definition) is 2. The van der Waals surface area contributed by atoms with Crippen LogP contribution in [0.15, 0.2) is 58.3 Å². The van der Waals surface area contributed by atoms with Gasteiger partial charge < -0.3 is 10.2 Å². The minimum Gasteiger partial charge on any atom is -0.501 e. The van der Waals surface area contributed by atoms with Gasteiger partial charge in [-0.25, -0.2) is 0 Å². The van der Waals surface area contributed by atoms with Crippen molar-refractivity contribution >= 4 is 10.8 Å². The monoisotopic (exact) mass is 444 g/mol. The Bertz CT molecular complexity index is 852. The first-order valence-corrected chi connectivity index (χ1v) is 12.9. The molecule has 0 spiro atoms. The average molecular weight is 445 g/mol. The molecule has 4 unspecified atom stereocenters. The van der Waals surface area contributed by atoms with Gasteiger partial charge in [-0.2, -0.15) is 0 Å². The van der Waals surface area contributed by atoms with Crippen LogP contribution >= 0.6 is 0 Å². The Labute approximate surface area is 191 Å². The van der Waals surface area contributed by atoms with Gasteiger partial charge in [-0.3, -0.25) is 4.21 Å². The van der Waals surface area contributed by atoms with Crippen LogP contribution in [0.1, 0.15) is 85.5 Å². The van der Waals surface area contributed by atoms with E-state index in [1.807, 2.05) is 20.8 Å². The molecule has 2 fully saturated rings. The first-order chi connectivity index (χ1) is 14.5. The maximum absolute atomic E-state index is 12.3. The van der Waals surface area contributed by atoms with Gasteiger partial charge in [0.25, 0.3) is 0 Å². The van der Waals surface area contributed by atoms with E-state index in [-0.39, 0.29) is 16.6 Å². The molecular weight excluding hydrogens is 404 g/mol. The molecule has 3 nitrogen and oxygen atoms in total. The van der Waals surface area contributed by atoms with Crippen molar-refractivity contribution in [1.29, 1.82) is 0 Å². The van der Waals surface area contributed by atoms with Gasteiger partial charge in [0.1, 0.15) is 0 Å². The third-order valence-electron chi connectivity index (χ3n) is 7.38. The maximum atomic E-state index is 12.3. The predicted molar refractivity (Wildman–Crippen MR) is 131 cm³/mol. The van der Waals surface area contributed by atoms with Crippen LogP contribution in [0.25, 0.3) is 0 Å². The number of allylic oxidation sites excluding steroid dienone is 7. The lowest BCUT2D eigenvalue weighted by Gasteiger charge is -2.41. The van der Waals surface area contributed by atoms with Gasteiger partial charge >= 0.3 is 0 Å². The van der Waals surface area contributed by atoms with Crippen LogP contribution in [0.4, 0.5) is 0 Å². The highest BCUT2D eigenvalue weighted by Gasteiger charge is 2.44. The molecule has 4 atom stereocenters. The highest BCUT2D eigenvalue weighted by atomic mass is 32.2. The van der Waals surface area contributed by atoms with Crippen LogP contribution in [0.5, 0.6) is 0 Å². The van der Waals surface area contributed by atoms with Gasteiger partial charge in [-0.05, 0) is 102 Å². The Morgan fingerprint density at radius 2 is 2.06 bits per heavy atom. The summed E-state index contributed by atoms with van der Waals surface area (Å²) in [6.07, 6.45) is 17.2. The lowest BCUT2D eigenvalue weighted by molar-refractivity contribution is 0.158. The fourth-order valence-corrected chi connectivity index (χ4v) is 6.33. The molecule has 0 bridgehead atoms. The fourth-order valence-electron chi connectivity index (χ4n) is 5.43. The van der Waals surface area contributed by atoms with E-state index in [2.05, 4.69) is 31.7 Å². The molecule has 0 aromatic rings. The van der Waals surface area contributed by atoms with Crippen LogP contribution in [0, 0.1) is 11.3 Å². The van der Waals surface area contributed by atoms with E-state index < -0.39 is 15.5 Å². The first kappa shape index (κ1) is 24.3. The molecular formula is C27H40O3S. The van der Waals surface area contributed by atoms with E-state index in [1.54, 1.807) is 6.08 Å². The third kappa shape index (κ3) is 5.51. The summed E-state index contributed by atoms with van der Waals surface area (Å²) in [4.78, 5) is 0. The zero-order valence-corrected chi connectivity index (χ0v) is 20.6. The molecule has 31 heavy (non-hydrogen) atoms. The van der Waals surface area contributed by atoms with E-state index in [9.17, 15) is 14.4 Å². The smallest absolute Gasteiger partial charge is 0.177 e. The summed E-state index contributed by atoms with van der Waals surface area (Å²) in [7, 11) is -1.36. The molecule has 3 rings (SSSR count). The molecule has 3 aliphatic carbocycles. The quantitative estimate of drug-likeness (QED) is 0.362. The summed E-state index contributed by atoms with van der Waals surface area (Å²) in [6, 6.07) is 0. The zero-order valence-electron chi connectivity index (χ0n) is 19.7. The van der Waals surface area contributed by atoms with Crippen molar-refractivity contribution in [3.05, 3.63) is 58.3 Å². The molecule has 172 valence electrons. The Kier molecular flexibility index (Phi) is 7.53. The Morgan fingerprint density at radius 1 is 1.32 bits per heavy atom. The second-order valence-corrected chi connectivity index (χ2v) is 12.9. The highest BCUT2D eigenvalue weighted by molar-refractivity contribution is 7.90. The van der Waals surface area contributed by atoms with Crippen LogP contribution in [-0.4, -0.2) is 25.3 Å². The molecule has 4 heteroatoms. The number of fused-ring (bicyclic) bond motifs is 1. The summed E-state index contributed by atoms with van der Waals surface area (Å²) in [5, 5.41) is 20.2. The summed E-state index contributed by atoms with van der Waals surface area (Å²) in [5.74, 6) is 0.538. The largest absolute Gasteiger partial charge is 0.501 e. The average Bonchev–Trinajstić information content (AvgIpc) is 3.04. The normalized spacial score (nSPS) is 33.5. The van der Waals surface area contributed by atoms with Gasteiger partial charge in [0.05, 0.1) is 16.9 Å². The van der Waals surface area contributed by atoms with Gasteiger partial charge in [0.15, 0.2) is 5.09 Å². The van der Waals surface area contributed by atoms with Crippen LogP contribution in [0.3, 0.4) is 0 Å². The Balaban J connectivity index is 1.68. The lowest BCUT2D eigenvalue weighted by atomic mass is 9.63. The fraction of sp³-hybridized carbons (Fsp3) is 0.630. The third-order valence-corrected chi connectivity index (χ3v) is 9.04. The molecule has 3 aliphatic rings. The van der Waals surface area contributed by atoms with E-state index in [4.69, 9.17) is 0 Å². The van der Waals surface area contributed by atoms with Crippen molar-refractivity contribution in [3.63, 3.8) is 0 Å². The van der Waals surface area contributed by atoms with E-state index in [1.165, 1.54) is 35.1 Å². The number of rotatable bonds is 5. The molecule has 0 radical (unpaired) electrons. The second-order valence-electron chi connectivity index (χ2n) is 10.7. The maximum Gasteiger partial charge on any atom is 0.177 e. The van der Waals surface area contributed by atoms with Crippen LogP contribution in [-0.2, 0) is 10.8 Å². The van der Waals surface area contributed by atoms with Crippen molar-refractivity contribution in [2.45, 2.75) is 96.3 Å². The summed E-state index contributed by atoms with van der Waals surface area (Å²) < 4.78 is 11.9. The summed E-state index contributed by atoms with van der Waals surface area (Å²) in [5.41, 5.74) is 5.56. The molecule has 2 N–H and O–H groups in total. The first-order valence-electron chi connectivity index (χ1n) is 11.8. The molecule has 2 saturated carbocycles. The minimum atomic E-state index is -1.36. The number of aliphatic hydroxyl groups is 2. The molecule has 0 aliphatic heterocycles. The van der Waals surface area contributed by atoms with Crippen LogP contribution in [0.2, 0.25) is 0 Å². The zero-order chi connectivity index (χ0) is 22.8. The van der Waals surface area contributed by atoms with Crippen molar-refractivity contribution in [1.82, 2.24) is 0 Å². The lowest BCUT2D eigenvalue weighted by Crippen LogP contribution is -2.30. The standard InChI is InChI=1S/C27H40O3S/c1-19-11-15-23(28)18-21(19)13-12-20-8-7-17-27(5)22(14-16-24(20)27)9-6-10-25(29)31(30)26(2,3)4/h10,12-14,23-24,28-29H,1,6-9,11,15-18H2,2-5H3/b20-12+,21-13-,25-10-. The molecule has 0 aromatic heterocycles. The van der Waals surface area contributed by atoms with E-state index in [0.717, 1.165) is 44.9 Å². The van der Waals surface area contributed by atoms with Gasteiger partial charge in [-0.1, -0.05) is 48.5 Å². The molecule has 0 amide bonds. The van der Waals surface area contributed by atoms with Crippen LogP contribution < -0.4 is 0 Å². The van der Waals surface area contributed by atoms with Crippen molar-refractivity contribution in [2.24, 2.45) is 11.3 Å². The molecule has 0 heterocycles. The molecule has 0 saturated heterocycles. The van der Waals surface area contributed by atoms with Gasteiger partial charge in [0, 0.05) is 4.75 Å². The van der Waals surface area contributed by atoms with Gasteiger partial charge in [0.2, 0.25) is 0 Å². The SMILES string of the molecule is C=C1CCC(O)C/C1=C/C=C1\CCCC2(C)C(CC/C=C(/O)S(=O)C(C)(C)C)=CCC12. The Hall–Kier alpha value is -1.39. The van der Waals surface area contributed by atoms with Crippen molar-refractivity contribution in [2.75, 3.05) is 0 Å². The minimum absolute atomic E-state index is 0.0125. The van der Waals surface area contributed by atoms with Crippen molar-refractivity contribution < 1.29 is 14.4 Å². The number of hydrogen-bond acceptors (Lipinski definition) is 3. The topological polar surface area (TPSA) is 57.5 Å². The molecule has 0 aromatic carbocycles. The summed E-state index contributed by atoms with van der Waals surface area (Å²) >= 11 is 0. The highest BCUT2D eigenvalue weighted by Crippen LogP contribution is 2.55. The van der Waals surface area contributed by atoms with Crippen molar-refractivity contribution in [3.8, 4) is 0 Å².